The van der Waals surface area contributed by atoms with Gasteiger partial charge in [-0.15, -0.1) is 0 Å². The summed E-state index contributed by atoms with van der Waals surface area (Å²) in [5.74, 6) is -0.0588. The third-order valence-corrected chi connectivity index (χ3v) is 4.59. The van der Waals surface area contributed by atoms with Gasteiger partial charge in [-0.2, -0.15) is 13.1 Å². The Bertz CT molecular complexity index is 597. The van der Waals surface area contributed by atoms with Gasteiger partial charge in [0.05, 0.1) is 22.8 Å². The van der Waals surface area contributed by atoms with Crippen LogP contribution in [0.1, 0.15) is 11.5 Å². The van der Waals surface area contributed by atoms with Crippen molar-refractivity contribution in [2.24, 2.45) is 5.14 Å². The van der Waals surface area contributed by atoms with E-state index in [0.717, 1.165) is 5.56 Å². The SMILES string of the molecule is NS(=O)(=O)NC[C@H]1OCCNC[C@H]1c1ccc(Cl)c(Cl)c1. The minimum atomic E-state index is -3.75. The van der Waals surface area contributed by atoms with Gasteiger partial charge in [0.1, 0.15) is 0 Å². The van der Waals surface area contributed by atoms with Gasteiger partial charge in [-0.3, -0.25) is 0 Å². The fourth-order valence-electron chi connectivity index (χ4n) is 2.26. The summed E-state index contributed by atoms with van der Waals surface area (Å²) in [5, 5.41) is 9.15. The van der Waals surface area contributed by atoms with Gasteiger partial charge in [-0.1, -0.05) is 29.3 Å². The van der Waals surface area contributed by atoms with Crippen molar-refractivity contribution in [1.82, 2.24) is 10.0 Å². The van der Waals surface area contributed by atoms with E-state index in [9.17, 15) is 8.42 Å². The second-order valence-electron chi connectivity index (χ2n) is 4.79. The van der Waals surface area contributed by atoms with E-state index >= 15 is 0 Å². The van der Waals surface area contributed by atoms with E-state index in [1.54, 1.807) is 12.1 Å². The Hall–Kier alpha value is -0.410. The fraction of sp³-hybridized carbons (Fsp3) is 0.500. The quantitative estimate of drug-likeness (QED) is 0.748. The van der Waals surface area contributed by atoms with Crippen LogP contribution in [0.15, 0.2) is 18.2 Å². The number of halogens is 2. The average Bonchev–Trinajstić information content (AvgIpc) is 2.64. The molecule has 1 aromatic carbocycles. The first-order valence-corrected chi connectivity index (χ1v) is 8.71. The van der Waals surface area contributed by atoms with Crippen LogP contribution in [0.3, 0.4) is 0 Å². The highest BCUT2D eigenvalue weighted by Crippen LogP contribution is 2.29. The molecular weight excluding hydrogens is 337 g/mol. The number of hydrogen-bond donors (Lipinski definition) is 3. The van der Waals surface area contributed by atoms with Crippen LogP contribution in [-0.4, -0.2) is 40.8 Å². The number of benzene rings is 1. The summed E-state index contributed by atoms with van der Waals surface area (Å²) in [6.45, 7) is 1.94. The Balaban J connectivity index is 2.20. The lowest BCUT2D eigenvalue weighted by atomic mass is 9.93. The maximum Gasteiger partial charge on any atom is 0.274 e. The van der Waals surface area contributed by atoms with Gasteiger partial charge in [-0.25, -0.2) is 5.14 Å². The Morgan fingerprint density at radius 1 is 1.38 bits per heavy atom. The highest BCUT2D eigenvalue weighted by atomic mass is 35.5. The minimum absolute atomic E-state index is 0.0588. The Morgan fingerprint density at radius 3 is 2.81 bits per heavy atom. The predicted molar refractivity (Wildman–Crippen MR) is 82.9 cm³/mol. The molecule has 9 heteroatoms. The number of nitrogens with two attached hydrogens (primary N) is 1. The largest absolute Gasteiger partial charge is 0.375 e. The molecule has 2 atom stereocenters. The first kappa shape index (κ1) is 17.0. The molecular formula is C12H17Cl2N3O3S. The molecule has 1 saturated heterocycles. The maximum absolute atomic E-state index is 11.1. The van der Waals surface area contributed by atoms with Crippen molar-refractivity contribution in [3.8, 4) is 0 Å². The van der Waals surface area contributed by atoms with Crippen molar-refractivity contribution in [3.05, 3.63) is 33.8 Å². The van der Waals surface area contributed by atoms with Crippen molar-refractivity contribution in [3.63, 3.8) is 0 Å². The molecule has 0 aliphatic carbocycles. The lowest BCUT2D eigenvalue weighted by molar-refractivity contribution is 0.0560. The van der Waals surface area contributed by atoms with Gasteiger partial charge < -0.3 is 10.1 Å². The second kappa shape index (κ2) is 7.23. The standard InChI is InChI=1S/C12H17Cl2N3O3S/c13-10-2-1-8(5-11(10)14)9-6-16-3-4-20-12(9)7-17-21(15,18)19/h1-2,5,9,12,16-17H,3-4,6-7H2,(H2,15,18,19)/t9-,12+/m0/s1. The molecule has 21 heavy (non-hydrogen) atoms. The fourth-order valence-corrected chi connectivity index (χ4v) is 2.97. The van der Waals surface area contributed by atoms with Crippen LogP contribution in [0.5, 0.6) is 0 Å². The Morgan fingerprint density at radius 2 is 2.14 bits per heavy atom. The summed E-state index contributed by atoms with van der Waals surface area (Å²) in [7, 11) is -3.75. The Kier molecular flexibility index (Phi) is 5.84. The molecule has 1 aliphatic rings. The van der Waals surface area contributed by atoms with Crippen LogP contribution in [0.25, 0.3) is 0 Å². The third-order valence-electron chi connectivity index (χ3n) is 3.28. The highest BCUT2D eigenvalue weighted by Gasteiger charge is 2.27. The monoisotopic (exact) mass is 353 g/mol. The van der Waals surface area contributed by atoms with Crippen molar-refractivity contribution < 1.29 is 13.2 Å². The van der Waals surface area contributed by atoms with E-state index in [1.165, 1.54) is 0 Å². The lowest BCUT2D eigenvalue weighted by Crippen LogP contribution is -2.41. The summed E-state index contributed by atoms with van der Waals surface area (Å²) < 4.78 is 30.1. The van der Waals surface area contributed by atoms with Crippen molar-refractivity contribution in [2.45, 2.75) is 12.0 Å². The van der Waals surface area contributed by atoms with Crippen LogP contribution in [-0.2, 0) is 14.9 Å². The molecule has 0 aromatic heterocycles. The first-order valence-electron chi connectivity index (χ1n) is 6.41. The normalized spacial score (nSPS) is 23.8. The molecule has 1 heterocycles. The number of ether oxygens (including phenoxy) is 1. The van der Waals surface area contributed by atoms with Crippen LogP contribution < -0.4 is 15.2 Å². The van der Waals surface area contributed by atoms with Gasteiger partial charge in [0.25, 0.3) is 10.2 Å². The first-order chi connectivity index (χ1) is 9.87. The molecule has 0 amide bonds. The Labute approximate surface area is 134 Å². The highest BCUT2D eigenvalue weighted by molar-refractivity contribution is 7.87. The van der Waals surface area contributed by atoms with Gasteiger partial charge in [0, 0.05) is 25.6 Å². The van der Waals surface area contributed by atoms with E-state index in [1.807, 2.05) is 6.07 Å². The summed E-state index contributed by atoms with van der Waals surface area (Å²) in [5.41, 5.74) is 0.931. The van der Waals surface area contributed by atoms with Gasteiger partial charge in [0.2, 0.25) is 0 Å². The predicted octanol–water partition coefficient (Wildman–Crippen LogP) is 0.859. The molecule has 0 bridgehead atoms. The van der Waals surface area contributed by atoms with Gasteiger partial charge in [0.15, 0.2) is 0 Å². The van der Waals surface area contributed by atoms with Crippen LogP contribution >= 0.6 is 23.2 Å². The van der Waals surface area contributed by atoms with Crippen LogP contribution in [0.2, 0.25) is 10.0 Å². The molecule has 6 nitrogen and oxygen atoms in total. The summed E-state index contributed by atoms with van der Waals surface area (Å²) in [6.07, 6.45) is -0.337. The smallest absolute Gasteiger partial charge is 0.274 e. The molecule has 118 valence electrons. The van der Waals surface area contributed by atoms with Crippen molar-refractivity contribution in [1.29, 1.82) is 0 Å². The number of nitrogens with one attached hydrogen (secondary N) is 2. The number of rotatable bonds is 4. The molecule has 1 aromatic rings. The maximum atomic E-state index is 11.1. The van der Waals surface area contributed by atoms with E-state index < -0.39 is 10.2 Å². The molecule has 0 saturated carbocycles. The van der Waals surface area contributed by atoms with Crippen LogP contribution in [0, 0.1) is 0 Å². The van der Waals surface area contributed by atoms with E-state index in [2.05, 4.69) is 10.0 Å². The lowest BCUT2D eigenvalue weighted by Gasteiger charge is -2.25. The van der Waals surface area contributed by atoms with Crippen LogP contribution in [0.4, 0.5) is 0 Å². The van der Waals surface area contributed by atoms with Gasteiger partial charge in [-0.05, 0) is 17.7 Å². The second-order valence-corrected chi connectivity index (χ2v) is 6.98. The molecule has 0 radical (unpaired) electrons. The zero-order valence-electron chi connectivity index (χ0n) is 11.2. The summed E-state index contributed by atoms with van der Waals surface area (Å²) in [4.78, 5) is 0. The zero-order chi connectivity index (χ0) is 15.5. The van der Waals surface area contributed by atoms with E-state index in [4.69, 9.17) is 33.1 Å². The van der Waals surface area contributed by atoms with Gasteiger partial charge >= 0.3 is 0 Å². The van der Waals surface area contributed by atoms with E-state index in [0.29, 0.717) is 29.7 Å². The molecule has 1 aliphatic heterocycles. The number of hydrogen-bond acceptors (Lipinski definition) is 4. The molecule has 4 N–H and O–H groups in total. The summed E-state index contributed by atoms with van der Waals surface area (Å²) in [6, 6.07) is 5.35. The summed E-state index contributed by atoms with van der Waals surface area (Å²) >= 11 is 12.0. The minimum Gasteiger partial charge on any atom is -0.375 e. The molecule has 0 unspecified atom stereocenters. The topological polar surface area (TPSA) is 93.5 Å². The molecule has 2 rings (SSSR count). The zero-order valence-corrected chi connectivity index (χ0v) is 13.5. The molecule has 1 fully saturated rings. The van der Waals surface area contributed by atoms with Crippen molar-refractivity contribution >= 4 is 33.4 Å². The third kappa shape index (κ3) is 5.07. The average molecular weight is 354 g/mol. The van der Waals surface area contributed by atoms with E-state index in [-0.39, 0.29) is 18.6 Å². The van der Waals surface area contributed by atoms with Crippen molar-refractivity contribution in [2.75, 3.05) is 26.2 Å². The molecule has 0 spiro atoms.